The third kappa shape index (κ3) is 2.95. The summed E-state index contributed by atoms with van der Waals surface area (Å²) < 4.78 is 30.5. The van der Waals surface area contributed by atoms with Gasteiger partial charge in [-0.2, -0.15) is 5.10 Å². The molecule has 0 spiro atoms. The monoisotopic (exact) mass is 317 g/mol. The average Bonchev–Trinajstić information content (AvgIpc) is 2.96. The number of aromatic nitrogens is 2. The lowest BCUT2D eigenvalue weighted by Crippen LogP contribution is -2.10. The first-order chi connectivity index (χ1) is 10.7. The zero-order valence-corrected chi connectivity index (χ0v) is 12.8. The lowest BCUT2D eigenvalue weighted by atomic mass is 10.2. The number of fused-ring (bicyclic) bond motifs is 1. The molecule has 0 fully saturated rings. The summed E-state index contributed by atoms with van der Waals surface area (Å²) in [6.07, 6.45) is 1.79. The van der Waals surface area contributed by atoms with Gasteiger partial charge in [-0.1, -0.05) is 12.1 Å². The molecule has 0 saturated carbocycles. The van der Waals surface area contributed by atoms with E-state index in [0.717, 1.165) is 27.9 Å². The molecular weight excluding hydrogens is 302 g/mol. The average molecular weight is 317 g/mol. The van der Waals surface area contributed by atoms with Crippen molar-refractivity contribution in [3.05, 3.63) is 54.2 Å². The predicted molar refractivity (Wildman–Crippen MR) is 84.8 cm³/mol. The summed E-state index contributed by atoms with van der Waals surface area (Å²) in [5, 5.41) is 5.39. The van der Waals surface area contributed by atoms with Crippen molar-refractivity contribution in [1.29, 1.82) is 0 Å². The van der Waals surface area contributed by atoms with Gasteiger partial charge in [-0.05, 0) is 35.9 Å². The molecule has 1 aromatic heterocycles. The fraction of sp³-hybridized carbons (Fsp3) is 0.133. The van der Waals surface area contributed by atoms with Crippen LogP contribution in [0.4, 0.5) is 0 Å². The Labute approximate surface area is 129 Å². The first-order valence-corrected chi connectivity index (χ1v) is 7.84. The Morgan fingerprint density at radius 2 is 1.95 bits per heavy atom. The van der Waals surface area contributed by atoms with E-state index in [1.165, 1.54) is 0 Å². The van der Waals surface area contributed by atoms with Crippen LogP contribution in [0.25, 0.3) is 16.6 Å². The highest BCUT2D eigenvalue weighted by atomic mass is 32.2. The molecule has 22 heavy (non-hydrogen) atoms. The van der Waals surface area contributed by atoms with Gasteiger partial charge in [0.2, 0.25) is 10.9 Å². The summed E-state index contributed by atoms with van der Waals surface area (Å²) >= 11 is 0. The number of thiol groups is 1. The van der Waals surface area contributed by atoms with Crippen LogP contribution in [0.1, 0.15) is 5.56 Å². The number of methoxy groups -OCH3 is 1. The number of nitrogens with one attached hydrogen (secondary N) is 1. The summed E-state index contributed by atoms with van der Waals surface area (Å²) in [5.74, 6) is 0.792. The Bertz CT molecular complexity index is 861. The second-order valence-electron chi connectivity index (χ2n) is 4.74. The van der Waals surface area contributed by atoms with Crippen LogP contribution < -0.4 is 9.46 Å². The van der Waals surface area contributed by atoms with Crippen molar-refractivity contribution < 1.29 is 13.2 Å². The van der Waals surface area contributed by atoms with E-state index in [-0.39, 0.29) is 6.54 Å². The van der Waals surface area contributed by atoms with Gasteiger partial charge in [0, 0.05) is 11.9 Å². The largest absolute Gasteiger partial charge is 0.497 e. The maximum Gasteiger partial charge on any atom is 0.201 e. The van der Waals surface area contributed by atoms with Gasteiger partial charge in [-0.3, -0.25) is 0 Å². The van der Waals surface area contributed by atoms with Gasteiger partial charge in [-0.25, -0.2) is 17.8 Å². The topological polar surface area (TPSA) is 73.2 Å². The minimum Gasteiger partial charge on any atom is -0.497 e. The molecule has 0 aliphatic heterocycles. The van der Waals surface area contributed by atoms with Gasteiger partial charge >= 0.3 is 0 Å². The van der Waals surface area contributed by atoms with Crippen LogP contribution in [0.3, 0.4) is 0 Å². The second kappa shape index (κ2) is 6.17. The highest BCUT2D eigenvalue weighted by Crippen LogP contribution is 2.23. The van der Waals surface area contributed by atoms with E-state index in [1.807, 2.05) is 47.1 Å². The third-order valence-electron chi connectivity index (χ3n) is 3.37. The minimum atomic E-state index is -2.58. The van der Waals surface area contributed by atoms with Crippen LogP contribution in [0.5, 0.6) is 5.75 Å². The third-order valence-corrected chi connectivity index (χ3v) is 3.78. The summed E-state index contributed by atoms with van der Waals surface area (Å²) in [6, 6.07) is 13.3. The van der Waals surface area contributed by atoms with Gasteiger partial charge < -0.3 is 4.74 Å². The lowest BCUT2D eigenvalue weighted by molar-refractivity contribution is 0.415. The Morgan fingerprint density at radius 3 is 2.64 bits per heavy atom. The van der Waals surface area contributed by atoms with Crippen molar-refractivity contribution in [3.8, 4) is 11.4 Å². The number of ether oxygens (including phenoxy) is 1. The molecule has 1 N–H and O–H groups in total. The molecule has 0 amide bonds. The van der Waals surface area contributed by atoms with Gasteiger partial charge in [0.25, 0.3) is 0 Å². The maximum atomic E-state index is 10.5. The van der Waals surface area contributed by atoms with E-state index in [2.05, 4.69) is 9.82 Å². The quantitative estimate of drug-likeness (QED) is 0.702. The van der Waals surface area contributed by atoms with Crippen molar-refractivity contribution in [2.45, 2.75) is 6.54 Å². The number of hydrogen-bond acceptors (Lipinski definition) is 4. The van der Waals surface area contributed by atoms with Gasteiger partial charge in [0.05, 0.1) is 24.5 Å². The lowest BCUT2D eigenvalue weighted by Gasteiger charge is -2.06. The minimum absolute atomic E-state index is 0.288. The highest BCUT2D eigenvalue weighted by molar-refractivity contribution is 7.70. The molecule has 0 saturated heterocycles. The van der Waals surface area contributed by atoms with Crippen LogP contribution in [0.15, 0.2) is 48.7 Å². The van der Waals surface area contributed by atoms with E-state index in [9.17, 15) is 8.42 Å². The summed E-state index contributed by atoms with van der Waals surface area (Å²) in [7, 11) is -0.943. The molecule has 0 radical (unpaired) electrons. The molecule has 6 nitrogen and oxygen atoms in total. The molecule has 0 unspecified atom stereocenters. The van der Waals surface area contributed by atoms with Crippen molar-refractivity contribution in [3.63, 3.8) is 0 Å². The van der Waals surface area contributed by atoms with Crippen LogP contribution >= 0.6 is 0 Å². The molecular formula is C15H15N3O3S. The van der Waals surface area contributed by atoms with Crippen molar-refractivity contribution >= 4 is 21.8 Å². The Kier molecular flexibility index (Phi) is 4.08. The number of nitrogens with zero attached hydrogens (tertiary/aromatic N) is 2. The summed E-state index contributed by atoms with van der Waals surface area (Å²) in [4.78, 5) is 0. The van der Waals surface area contributed by atoms with Gasteiger partial charge in [0.15, 0.2) is 0 Å². The first kappa shape index (κ1) is 14.6. The first-order valence-electron chi connectivity index (χ1n) is 6.66. The molecule has 0 bridgehead atoms. The van der Waals surface area contributed by atoms with Crippen LogP contribution in [-0.4, -0.2) is 25.3 Å². The normalized spacial score (nSPS) is 11.2. The molecule has 114 valence electrons. The molecule has 0 aliphatic rings. The summed E-state index contributed by atoms with van der Waals surface area (Å²) in [5.41, 5.74) is 2.78. The van der Waals surface area contributed by atoms with Crippen molar-refractivity contribution in [2.75, 3.05) is 7.11 Å². The van der Waals surface area contributed by atoms with Gasteiger partial charge in [0.1, 0.15) is 5.75 Å². The SMILES string of the molecule is COc1ccc2c(cnn2-c2ccc(CN[SH](=O)=O)cc2)c1. The molecule has 7 heteroatoms. The van der Waals surface area contributed by atoms with E-state index >= 15 is 0 Å². The Morgan fingerprint density at radius 1 is 1.18 bits per heavy atom. The van der Waals surface area contributed by atoms with E-state index < -0.39 is 10.9 Å². The predicted octanol–water partition coefficient (Wildman–Crippen LogP) is 1.65. The van der Waals surface area contributed by atoms with Crippen LogP contribution in [0.2, 0.25) is 0 Å². The number of rotatable bonds is 5. The fourth-order valence-electron chi connectivity index (χ4n) is 2.25. The number of hydrogen-bond donors (Lipinski definition) is 2. The molecule has 3 rings (SSSR count). The standard InChI is InChI=1S/C15H15N3O3S/c1-21-14-6-7-15-12(8-14)10-16-18(15)13-4-2-11(3-5-13)9-17-22(19)20/h2-8,10,22H,9H2,1H3,(H,17,19,20). The smallest absolute Gasteiger partial charge is 0.201 e. The van der Waals surface area contributed by atoms with E-state index in [1.54, 1.807) is 13.3 Å². The molecule has 0 atom stereocenters. The van der Waals surface area contributed by atoms with Crippen molar-refractivity contribution in [1.82, 2.24) is 14.5 Å². The molecule has 2 aromatic carbocycles. The van der Waals surface area contributed by atoms with Crippen molar-refractivity contribution in [2.24, 2.45) is 0 Å². The Balaban J connectivity index is 1.90. The zero-order valence-electron chi connectivity index (χ0n) is 11.9. The van der Waals surface area contributed by atoms with E-state index in [0.29, 0.717) is 0 Å². The second-order valence-corrected chi connectivity index (χ2v) is 5.57. The van der Waals surface area contributed by atoms with Crippen LogP contribution in [-0.2, 0) is 17.4 Å². The molecule has 0 aliphatic carbocycles. The zero-order chi connectivity index (χ0) is 15.5. The van der Waals surface area contributed by atoms with Crippen LogP contribution in [0, 0.1) is 0 Å². The Hall–Kier alpha value is -2.38. The summed E-state index contributed by atoms with van der Waals surface area (Å²) in [6.45, 7) is 0.288. The number of benzene rings is 2. The molecule has 3 aromatic rings. The highest BCUT2D eigenvalue weighted by Gasteiger charge is 2.06. The fourth-order valence-corrected chi connectivity index (χ4v) is 2.57. The van der Waals surface area contributed by atoms with Gasteiger partial charge in [-0.15, -0.1) is 0 Å². The molecule has 1 heterocycles. The van der Waals surface area contributed by atoms with E-state index in [4.69, 9.17) is 4.74 Å². The maximum absolute atomic E-state index is 10.5.